The molecule has 15 heavy (non-hydrogen) atoms. The van der Waals surface area contributed by atoms with E-state index in [-0.39, 0.29) is 12.0 Å². The molecule has 0 unspecified atom stereocenters. The third-order valence-corrected chi connectivity index (χ3v) is 2.45. The van der Waals surface area contributed by atoms with Crippen LogP contribution in [0.15, 0.2) is 18.3 Å². The topological polar surface area (TPSA) is 45.1 Å². The van der Waals surface area contributed by atoms with Crippen LogP contribution in [0.2, 0.25) is 0 Å². The summed E-state index contributed by atoms with van der Waals surface area (Å²) in [6.07, 6.45) is 2.65. The molecule has 0 amide bonds. The second-order valence-electron chi connectivity index (χ2n) is 4.71. The lowest BCUT2D eigenvalue weighted by Crippen LogP contribution is -2.24. The third-order valence-electron chi connectivity index (χ3n) is 2.45. The molecule has 1 aromatic rings. The van der Waals surface area contributed by atoms with Crippen molar-refractivity contribution in [3.8, 4) is 0 Å². The van der Waals surface area contributed by atoms with Crippen LogP contribution in [-0.4, -0.2) is 23.2 Å². The van der Waals surface area contributed by atoms with Gasteiger partial charge in [0.2, 0.25) is 0 Å². The Bertz CT molecular complexity index is 293. The average molecular weight is 208 g/mol. The van der Waals surface area contributed by atoms with Crippen LogP contribution < -0.4 is 5.32 Å². The molecule has 1 aromatic heterocycles. The van der Waals surface area contributed by atoms with Gasteiger partial charge in [0.25, 0.3) is 0 Å². The van der Waals surface area contributed by atoms with Crippen LogP contribution in [0.5, 0.6) is 0 Å². The molecule has 1 heterocycles. The first-order chi connectivity index (χ1) is 7.03. The van der Waals surface area contributed by atoms with Gasteiger partial charge in [0, 0.05) is 19.3 Å². The molecule has 0 aliphatic heterocycles. The van der Waals surface area contributed by atoms with E-state index in [0.717, 1.165) is 24.3 Å². The summed E-state index contributed by atoms with van der Waals surface area (Å²) in [6, 6.07) is 4.01. The van der Waals surface area contributed by atoms with Gasteiger partial charge in [-0.15, -0.1) is 0 Å². The zero-order chi connectivity index (χ0) is 11.3. The summed E-state index contributed by atoms with van der Waals surface area (Å²) in [5, 5.41) is 12.2. The first-order valence-corrected chi connectivity index (χ1v) is 5.31. The SMILES string of the molecule is Cc1ccc(NCC(C)(C)CCO)nc1. The van der Waals surface area contributed by atoms with Crippen LogP contribution in [0.4, 0.5) is 5.82 Å². The minimum Gasteiger partial charge on any atom is -0.396 e. The summed E-state index contributed by atoms with van der Waals surface area (Å²) >= 11 is 0. The maximum Gasteiger partial charge on any atom is 0.125 e. The molecule has 0 saturated carbocycles. The predicted octanol–water partition coefficient (Wildman–Crippen LogP) is 2.21. The minimum absolute atomic E-state index is 0.0985. The van der Waals surface area contributed by atoms with E-state index in [1.54, 1.807) is 0 Å². The molecule has 0 spiro atoms. The van der Waals surface area contributed by atoms with E-state index >= 15 is 0 Å². The monoisotopic (exact) mass is 208 g/mol. The summed E-state index contributed by atoms with van der Waals surface area (Å²) in [5.41, 5.74) is 1.26. The van der Waals surface area contributed by atoms with Crippen LogP contribution in [0.3, 0.4) is 0 Å². The summed E-state index contributed by atoms with van der Waals surface area (Å²) < 4.78 is 0. The van der Waals surface area contributed by atoms with Gasteiger partial charge in [-0.2, -0.15) is 0 Å². The number of nitrogens with one attached hydrogen (secondary N) is 1. The summed E-state index contributed by atoms with van der Waals surface area (Å²) in [5.74, 6) is 0.895. The molecule has 0 radical (unpaired) electrons. The second-order valence-corrected chi connectivity index (χ2v) is 4.71. The van der Waals surface area contributed by atoms with Gasteiger partial charge in [0.05, 0.1) is 0 Å². The van der Waals surface area contributed by atoms with E-state index in [4.69, 9.17) is 5.11 Å². The smallest absolute Gasteiger partial charge is 0.125 e. The number of anilines is 1. The molecule has 2 N–H and O–H groups in total. The molecule has 84 valence electrons. The normalized spacial score (nSPS) is 11.5. The van der Waals surface area contributed by atoms with E-state index in [0.29, 0.717) is 0 Å². The van der Waals surface area contributed by atoms with Crippen LogP contribution in [0, 0.1) is 12.3 Å². The lowest BCUT2D eigenvalue weighted by Gasteiger charge is -2.24. The first kappa shape index (κ1) is 12.0. The van der Waals surface area contributed by atoms with Crippen molar-refractivity contribution in [3.63, 3.8) is 0 Å². The van der Waals surface area contributed by atoms with E-state index in [2.05, 4.69) is 24.1 Å². The highest BCUT2D eigenvalue weighted by molar-refractivity contribution is 5.35. The number of aliphatic hydroxyl groups excluding tert-OH is 1. The van der Waals surface area contributed by atoms with Crippen LogP contribution in [0.25, 0.3) is 0 Å². The number of hydrogen-bond acceptors (Lipinski definition) is 3. The zero-order valence-corrected chi connectivity index (χ0v) is 9.75. The summed E-state index contributed by atoms with van der Waals surface area (Å²) in [6.45, 7) is 7.33. The molecule has 0 fully saturated rings. The Balaban J connectivity index is 2.46. The lowest BCUT2D eigenvalue weighted by atomic mass is 9.90. The van der Waals surface area contributed by atoms with Gasteiger partial charge in [-0.05, 0) is 30.4 Å². The second kappa shape index (κ2) is 5.12. The molecule has 3 nitrogen and oxygen atoms in total. The first-order valence-electron chi connectivity index (χ1n) is 5.31. The van der Waals surface area contributed by atoms with Crippen molar-refractivity contribution in [1.82, 2.24) is 4.98 Å². The highest BCUT2D eigenvalue weighted by atomic mass is 16.3. The van der Waals surface area contributed by atoms with E-state index in [9.17, 15) is 0 Å². The Morgan fingerprint density at radius 3 is 2.67 bits per heavy atom. The zero-order valence-electron chi connectivity index (χ0n) is 9.75. The largest absolute Gasteiger partial charge is 0.396 e. The van der Waals surface area contributed by atoms with Crippen molar-refractivity contribution in [2.24, 2.45) is 5.41 Å². The maximum absolute atomic E-state index is 8.89. The third kappa shape index (κ3) is 4.30. The number of rotatable bonds is 5. The van der Waals surface area contributed by atoms with Gasteiger partial charge in [0.15, 0.2) is 0 Å². The Kier molecular flexibility index (Phi) is 4.09. The molecule has 0 atom stereocenters. The molecule has 1 rings (SSSR count). The van der Waals surface area contributed by atoms with Gasteiger partial charge < -0.3 is 10.4 Å². The standard InChI is InChI=1S/C12H20N2O/c1-10-4-5-11(13-8-10)14-9-12(2,3)6-7-15/h4-5,8,15H,6-7,9H2,1-3H3,(H,13,14). The molecule has 0 aliphatic rings. The lowest BCUT2D eigenvalue weighted by molar-refractivity contribution is 0.220. The Labute approximate surface area is 91.5 Å². The van der Waals surface area contributed by atoms with E-state index in [1.807, 2.05) is 25.3 Å². The van der Waals surface area contributed by atoms with Crippen LogP contribution >= 0.6 is 0 Å². The molecule has 3 heteroatoms. The maximum atomic E-state index is 8.89. The predicted molar refractivity (Wildman–Crippen MR) is 62.9 cm³/mol. The van der Waals surface area contributed by atoms with Gasteiger partial charge in [-0.1, -0.05) is 19.9 Å². The number of aromatic nitrogens is 1. The van der Waals surface area contributed by atoms with Gasteiger partial charge in [0.1, 0.15) is 5.82 Å². The van der Waals surface area contributed by atoms with Crippen molar-refractivity contribution in [2.45, 2.75) is 27.2 Å². The average Bonchev–Trinajstić information content (AvgIpc) is 2.17. The number of hydrogen-bond donors (Lipinski definition) is 2. The Morgan fingerprint density at radius 2 is 2.13 bits per heavy atom. The number of aliphatic hydroxyl groups is 1. The van der Waals surface area contributed by atoms with Gasteiger partial charge in [-0.25, -0.2) is 4.98 Å². The Hall–Kier alpha value is -1.09. The molecule has 0 bridgehead atoms. The Morgan fingerprint density at radius 1 is 1.40 bits per heavy atom. The van der Waals surface area contributed by atoms with Crippen LogP contribution in [-0.2, 0) is 0 Å². The molecular formula is C12H20N2O. The fourth-order valence-corrected chi connectivity index (χ4v) is 1.29. The number of nitrogens with zero attached hydrogens (tertiary/aromatic N) is 1. The van der Waals surface area contributed by atoms with Crippen molar-refractivity contribution in [2.75, 3.05) is 18.5 Å². The quantitative estimate of drug-likeness (QED) is 0.779. The van der Waals surface area contributed by atoms with Gasteiger partial charge >= 0.3 is 0 Å². The number of pyridine rings is 1. The van der Waals surface area contributed by atoms with Crippen molar-refractivity contribution in [3.05, 3.63) is 23.9 Å². The fourth-order valence-electron chi connectivity index (χ4n) is 1.29. The molecular weight excluding hydrogens is 188 g/mol. The van der Waals surface area contributed by atoms with Crippen LogP contribution in [0.1, 0.15) is 25.8 Å². The van der Waals surface area contributed by atoms with Crippen molar-refractivity contribution in [1.29, 1.82) is 0 Å². The number of aryl methyl sites for hydroxylation is 1. The van der Waals surface area contributed by atoms with E-state index in [1.165, 1.54) is 0 Å². The molecule has 0 saturated heterocycles. The van der Waals surface area contributed by atoms with Crippen molar-refractivity contribution < 1.29 is 5.11 Å². The minimum atomic E-state index is 0.0985. The summed E-state index contributed by atoms with van der Waals surface area (Å²) in [4.78, 5) is 4.27. The van der Waals surface area contributed by atoms with Crippen molar-refractivity contribution >= 4 is 5.82 Å². The fraction of sp³-hybridized carbons (Fsp3) is 0.583. The summed E-state index contributed by atoms with van der Waals surface area (Å²) in [7, 11) is 0. The van der Waals surface area contributed by atoms with E-state index < -0.39 is 0 Å². The van der Waals surface area contributed by atoms with Gasteiger partial charge in [-0.3, -0.25) is 0 Å². The highest BCUT2D eigenvalue weighted by Crippen LogP contribution is 2.20. The molecule has 0 aromatic carbocycles. The highest BCUT2D eigenvalue weighted by Gasteiger charge is 2.16. The molecule has 0 aliphatic carbocycles.